The van der Waals surface area contributed by atoms with E-state index in [-0.39, 0.29) is 0 Å². The third-order valence-electron chi connectivity index (χ3n) is 4.53. The molecule has 2 aromatic rings. The van der Waals surface area contributed by atoms with E-state index in [0.717, 1.165) is 37.4 Å². The van der Waals surface area contributed by atoms with Gasteiger partial charge in [0, 0.05) is 23.7 Å². The summed E-state index contributed by atoms with van der Waals surface area (Å²) in [6, 6.07) is 11.5. The molecule has 21 heavy (non-hydrogen) atoms. The Morgan fingerprint density at radius 2 is 2.00 bits per heavy atom. The molecule has 1 fully saturated rings. The predicted octanol–water partition coefficient (Wildman–Crippen LogP) is 3.12. The number of aromatic nitrogens is 1. The lowest BCUT2D eigenvalue weighted by Gasteiger charge is -2.34. The summed E-state index contributed by atoms with van der Waals surface area (Å²) in [5.74, 6) is 0. The third-order valence-corrected chi connectivity index (χ3v) is 4.53. The molecule has 1 aliphatic heterocycles. The van der Waals surface area contributed by atoms with E-state index in [2.05, 4.69) is 59.4 Å². The van der Waals surface area contributed by atoms with E-state index < -0.39 is 0 Å². The number of aryl methyl sites for hydroxylation is 1. The summed E-state index contributed by atoms with van der Waals surface area (Å²) in [7, 11) is 0. The molecule has 0 aliphatic carbocycles. The van der Waals surface area contributed by atoms with Gasteiger partial charge in [-0.2, -0.15) is 0 Å². The molecule has 1 aromatic heterocycles. The lowest BCUT2D eigenvalue weighted by Crippen LogP contribution is -2.42. The molecule has 3 heteroatoms. The molecule has 1 aromatic carbocycles. The summed E-state index contributed by atoms with van der Waals surface area (Å²) in [6.07, 6.45) is 2.52. The number of benzene rings is 1. The van der Waals surface area contributed by atoms with Crippen molar-refractivity contribution in [2.75, 3.05) is 19.6 Å². The highest BCUT2D eigenvalue weighted by atomic mass is 15.2. The Kier molecular flexibility index (Phi) is 4.51. The summed E-state index contributed by atoms with van der Waals surface area (Å²) in [4.78, 5) is 7.28. The van der Waals surface area contributed by atoms with Gasteiger partial charge in [0.15, 0.2) is 0 Å². The Labute approximate surface area is 127 Å². The van der Waals surface area contributed by atoms with Crippen molar-refractivity contribution >= 4 is 10.9 Å². The minimum absolute atomic E-state index is 0.712. The van der Waals surface area contributed by atoms with Gasteiger partial charge in [0.05, 0.1) is 5.52 Å². The van der Waals surface area contributed by atoms with Gasteiger partial charge in [0.1, 0.15) is 0 Å². The van der Waals surface area contributed by atoms with Crippen molar-refractivity contribution in [3.05, 3.63) is 41.6 Å². The van der Waals surface area contributed by atoms with E-state index in [1.807, 2.05) is 0 Å². The molecular weight excluding hydrogens is 258 g/mol. The molecule has 0 amide bonds. The lowest BCUT2D eigenvalue weighted by atomic mass is 10.0. The highest BCUT2D eigenvalue weighted by Gasteiger charge is 2.20. The second-order valence-electron chi connectivity index (χ2n) is 5.98. The highest BCUT2D eigenvalue weighted by molar-refractivity contribution is 5.82. The summed E-state index contributed by atoms with van der Waals surface area (Å²) in [5, 5.41) is 4.76. The summed E-state index contributed by atoms with van der Waals surface area (Å²) >= 11 is 0. The molecule has 0 saturated carbocycles. The zero-order valence-electron chi connectivity index (χ0n) is 13.1. The molecular formula is C18H25N3. The van der Waals surface area contributed by atoms with Gasteiger partial charge in [-0.3, -0.25) is 9.88 Å². The first kappa shape index (κ1) is 14.5. The van der Waals surface area contributed by atoms with Gasteiger partial charge < -0.3 is 5.32 Å². The largest absolute Gasteiger partial charge is 0.317 e. The quantitative estimate of drug-likeness (QED) is 0.934. The minimum atomic E-state index is 0.712. The molecule has 0 bridgehead atoms. The van der Waals surface area contributed by atoms with Crippen LogP contribution in [0.3, 0.4) is 0 Å². The van der Waals surface area contributed by atoms with E-state index in [0.29, 0.717) is 6.04 Å². The molecule has 0 spiro atoms. The Hall–Kier alpha value is -1.45. The molecule has 112 valence electrons. The smallest absolute Gasteiger partial charge is 0.0708 e. The molecule has 0 radical (unpaired) electrons. The van der Waals surface area contributed by atoms with Crippen molar-refractivity contribution in [2.24, 2.45) is 0 Å². The first-order chi connectivity index (χ1) is 10.3. The highest BCUT2D eigenvalue weighted by Crippen LogP contribution is 2.22. The van der Waals surface area contributed by atoms with Crippen LogP contribution in [0.4, 0.5) is 0 Å². The fourth-order valence-corrected chi connectivity index (χ4v) is 3.42. The van der Waals surface area contributed by atoms with Crippen LogP contribution >= 0.6 is 0 Å². The maximum atomic E-state index is 4.65. The normalized spacial score (nSPS) is 16.7. The number of hydrogen-bond acceptors (Lipinski definition) is 3. The summed E-state index contributed by atoms with van der Waals surface area (Å²) < 4.78 is 0. The molecule has 2 heterocycles. The van der Waals surface area contributed by atoms with Crippen LogP contribution in [-0.4, -0.2) is 35.6 Å². The summed E-state index contributed by atoms with van der Waals surface area (Å²) in [5.41, 5.74) is 3.65. The number of rotatable bonds is 4. The van der Waals surface area contributed by atoms with Gasteiger partial charge >= 0.3 is 0 Å². The molecule has 1 aliphatic rings. The van der Waals surface area contributed by atoms with Crippen LogP contribution < -0.4 is 5.32 Å². The Morgan fingerprint density at radius 3 is 2.76 bits per heavy atom. The number of hydrogen-bond donors (Lipinski definition) is 1. The molecule has 1 N–H and O–H groups in total. The van der Waals surface area contributed by atoms with Crippen molar-refractivity contribution in [3.63, 3.8) is 0 Å². The van der Waals surface area contributed by atoms with Crippen LogP contribution in [0.15, 0.2) is 30.3 Å². The minimum Gasteiger partial charge on any atom is -0.317 e. The number of pyridine rings is 1. The van der Waals surface area contributed by atoms with Crippen molar-refractivity contribution in [2.45, 2.75) is 39.3 Å². The van der Waals surface area contributed by atoms with Gasteiger partial charge in [-0.1, -0.05) is 25.1 Å². The Bertz CT molecular complexity index is 602. The molecule has 3 nitrogen and oxygen atoms in total. The number of nitrogens with one attached hydrogen (secondary N) is 1. The lowest BCUT2D eigenvalue weighted by molar-refractivity contribution is 0.163. The SMILES string of the molecule is CCN(Cc1cc(C)nc2ccccc12)C1CCNCC1. The first-order valence-electron chi connectivity index (χ1n) is 8.08. The first-order valence-corrected chi connectivity index (χ1v) is 8.08. The summed E-state index contributed by atoms with van der Waals surface area (Å²) in [6.45, 7) is 8.81. The maximum absolute atomic E-state index is 4.65. The van der Waals surface area contributed by atoms with Crippen molar-refractivity contribution in [3.8, 4) is 0 Å². The van der Waals surface area contributed by atoms with Crippen LogP contribution in [0.1, 0.15) is 31.0 Å². The van der Waals surface area contributed by atoms with Gasteiger partial charge in [0.2, 0.25) is 0 Å². The zero-order chi connectivity index (χ0) is 14.7. The molecule has 3 rings (SSSR count). The number of nitrogens with zero attached hydrogens (tertiary/aromatic N) is 2. The van der Waals surface area contributed by atoms with E-state index in [4.69, 9.17) is 0 Å². The van der Waals surface area contributed by atoms with E-state index >= 15 is 0 Å². The van der Waals surface area contributed by atoms with Crippen LogP contribution in [-0.2, 0) is 6.54 Å². The average molecular weight is 283 g/mol. The van der Waals surface area contributed by atoms with Crippen molar-refractivity contribution < 1.29 is 0 Å². The number of para-hydroxylation sites is 1. The number of piperidine rings is 1. The average Bonchev–Trinajstić information content (AvgIpc) is 2.53. The second-order valence-corrected chi connectivity index (χ2v) is 5.98. The van der Waals surface area contributed by atoms with Gasteiger partial charge in [-0.15, -0.1) is 0 Å². The molecule has 0 atom stereocenters. The van der Waals surface area contributed by atoms with Crippen LogP contribution in [0, 0.1) is 6.92 Å². The maximum Gasteiger partial charge on any atom is 0.0708 e. The van der Waals surface area contributed by atoms with Crippen molar-refractivity contribution in [1.29, 1.82) is 0 Å². The fourth-order valence-electron chi connectivity index (χ4n) is 3.42. The Morgan fingerprint density at radius 1 is 1.24 bits per heavy atom. The van der Waals surface area contributed by atoms with Crippen molar-refractivity contribution in [1.82, 2.24) is 15.2 Å². The second kappa shape index (κ2) is 6.54. The van der Waals surface area contributed by atoms with Gasteiger partial charge in [-0.05, 0) is 57.1 Å². The van der Waals surface area contributed by atoms with E-state index in [1.165, 1.54) is 23.8 Å². The topological polar surface area (TPSA) is 28.2 Å². The molecule has 1 saturated heterocycles. The van der Waals surface area contributed by atoms with Gasteiger partial charge in [-0.25, -0.2) is 0 Å². The van der Waals surface area contributed by atoms with Crippen LogP contribution in [0.25, 0.3) is 10.9 Å². The fraction of sp³-hybridized carbons (Fsp3) is 0.500. The zero-order valence-corrected chi connectivity index (χ0v) is 13.1. The standard InChI is InChI=1S/C18H25N3/c1-3-21(16-8-10-19-11-9-16)13-15-12-14(2)20-18-7-5-4-6-17(15)18/h4-7,12,16,19H,3,8-11,13H2,1-2H3. The molecule has 0 unspecified atom stereocenters. The Balaban J connectivity index is 1.88. The monoisotopic (exact) mass is 283 g/mol. The van der Waals surface area contributed by atoms with E-state index in [1.54, 1.807) is 0 Å². The third kappa shape index (κ3) is 3.25. The number of fused-ring (bicyclic) bond motifs is 1. The van der Waals surface area contributed by atoms with Crippen LogP contribution in [0.5, 0.6) is 0 Å². The van der Waals surface area contributed by atoms with E-state index in [9.17, 15) is 0 Å². The van der Waals surface area contributed by atoms with Gasteiger partial charge in [0.25, 0.3) is 0 Å². The van der Waals surface area contributed by atoms with Crippen LogP contribution in [0.2, 0.25) is 0 Å². The predicted molar refractivity (Wildman–Crippen MR) is 88.5 cm³/mol.